The second-order valence-electron chi connectivity index (χ2n) is 4.46. The lowest BCUT2D eigenvalue weighted by Crippen LogP contribution is -2.30. The molecule has 2 rings (SSSR count). The predicted molar refractivity (Wildman–Crippen MR) is 65.7 cm³/mol. The van der Waals surface area contributed by atoms with Crippen LogP contribution in [0.1, 0.15) is 24.9 Å². The van der Waals surface area contributed by atoms with Crippen molar-refractivity contribution in [2.45, 2.75) is 25.4 Å². The predicted octanol–water partition coefficient (Wildman–Crippen LogP) is 1.32. The summed E-state index contributed by atoms with van der Waals surface area (Å²) in [4.78, 5) is 13.6. The zero-order valence-corrected chi connectivity index (χ0v) is 10.2. The molecule has 1 aromatic carbocycles. The van der Waals surface area contributed by atoms with E-state index in [1.165, 1.54) is 0 Å². The van der Waals surface area contributed by atoms with Gasteiger partial charge in [-0.25, -0.2) is 0 Å². The van der Waals surface area contributed by atoms with Gasteiger partial charge in [0.25, 0.3) is 0 Å². The van der Waals surface area contributed by atoms with E-state index in [0.29, 0.717) is 13.0 Å². The van der Waals surface area contributed by atoms with E-state index in [0.717, 1.165) is 11.3 Å². The summed E-state index contributed by atoms with van der Waals surface area (Å²) < 4.78 is 5.11. The molecular formula is C13H18N2O2. The van der Waals surface area contributed by atoms with Crippen LogP contribution in [-0.2, 0) is 4.79 Å². The summed E-state index contributed by atoms with van der Waals surface area (Å²) in [6, 6.07) is 7.84. The highest BCUT2D eigenvalue weighted by Crippen LogP contribution is 2.26. The highest BCUT2D eigenvalue weighted by molar-refractivity contribution is 5.79. The van der Waals surface area contributed by atoms with Crippen LogP contribution in [0.5, 0.6) is 5.75 Å². The van der Waals surface area contributed by atoms with Gasteiger partial charge in [0.05, 0.1) is 13.2 Å². The summed E-state index contributed by atoms with van der Waals surface area (Å²) in [6.07, 6.45) is 0.459. The van der Waals surface area contributed by atoms with E-state index in [9.17, 15) is 4.79 Å². The summed E-state index contributed by atoms with van der Waals surface area (Å²) in [6.45, 7) is 2.67. The molecule has 0 aliphatic carbocycles. The lowest BCUT2D eigenvalue weighted by atomic mass is 10.1. The Bertz CT molecular complexity index is 402. The fraction of sp³-hybridized carbons (Fsp3) is 0.462. The maximum atomic E-state index is 11.7. The second kappa shape index (κ2) is 4.75. The molecule has 4 heteroatoms. The third-order valence-corrected chi connectivity index (χ3v) is 3.25. The topological polar surface area (TPSA) is 55.6 Å². The number of carbonyl (C=O) groups excluding carboxylic acids is 1. The Labute approximate surface area is 101 Å². The number of methoxy groups -OCH3 is 1. The van der Waals surface area contributed by atoms with Gasteiger partial charge in [0.1, 0.15) is 5.75 Å². The fourth-order valence-corrected chi connectivity index (χ4v) is 2.20. The van der Waals surface area contributed by atoms with E-state index in [1.54, 1.807) is 7.11 Å². The molecule has 2 unspecified atom stereocenters. The molecule has 0 aromatic heterocycles. The normalized spacial score (nSPS) is 21.7. The van der Waals surface area contributed by atoms with Gasteiger partial charge < -0.3 is 15.4 Å². The molecule has 1 aromatic rings. The number of ether oxygens (including phenoxy) is 1. The van der Waals surface area contributed by atoms with Gasteiger partial charge >= 0.3 is 0 Å². The second-order valence-corrected chi connectivity index (χ2v) is 4.46. The first-order valence-corrected chi connectivity index (χ1v) is 5.81. The summed E-state index contributed by atoms with van der Waals surface area (Å²) in [5.41, 5.74) is 6.90. The molecular weight excluding hydrogens is 216 g/mol. The van der Waals surface area contributed by atoms with Gasteiger partial charge in [0.15, 0.2) is 0 Å². The van der Waals surface area contributed by atoms with Crippen LogP contribution in [0.3, 0.4) is 0 Å². The van der Waals surface area contributed by atoms with Crippen molar-refractivity contribution in [2.24, 2.45) is 5.73 Å². The Morgan fingerprint density at radius 3 is 2.53 bits per heavy atom. The molecule has 2 atom stereocenters. The molecule has 1 heterocycles. The standard InChI is InChI=1S/C13H18N2O2/c1-9(15-8-11(14)7-13(15)16)10-3-5-12(17-2)6-4-10/h3-6,9,11H,7-8,14H2,1-2H3. The number of amides is 1. The van der Waals surface area contributed by atoms with Crippen LogP contribution < -0.4 is 10.5 Å². The Kier molecular flexibility index (Phi) is 3.33. The van der Waals surface area contributed by atoms with E-state index in [4.69, 9.17) is 10.5 Å². The highest BCUT2D eigenvalue weighted by atomic mass is 16.5. The quantitative estimate of drug-likeness (QED) is 0.858. The van der Waals surface area contributed by atoms with Crippen LogP contribution in [-0.4, -0.2) is 30.5 Å². The first kappa shape index (κ1) is 11.9. The van der Waals surface area contributed by atoms with Crippen LogP contribution >= 0.6 is 0 Å². The maximum absolute atomic E-state index is 11.7. The van der Waals surface area contributed by atoms with Crippen molar-refractivity contribution in [1.29, 1.82) is 0 Å². The van der Waals surface area contributed by atoms with Gasteiger partial charge in [-0.1, -0.05) is 12.1 Å². The lowest BCUT2D eigenvalue weighted by Gasteiger charge is -2.25. The molecule has 1 saturated heterocycles. The van der Waals surface area contributed by atoms with E-state index in [2.05, 4.69) is 0 Å². The monoisotopic (exact) mass is 234 g/mol. The smallest absolute Gasteiger partial charge is 0.224 e. The number of likely N-dealkylation sites (tertiary alicyclic amines) is 1. The molecule has 1 aliphatic rings. The van der Waals surface area contributed by atoms with Crippen molar-refractivity contribution >= 4 is 5.91 Å². The molecule has 92 valence electrons. The summed E-state index contributed by atoms with van der Waals surface area (Å²) in [5, 5.41) is 0. The van der Waals surface area contributed by atoms with Crippen molar-refractivity contribution in [1.82, 2.24) is 4.90 Å². The molecule has 0 radical (unpaired) electrons. The van der Waals surface area contributed by atoms with Crippen LogP contribution in [0.4, 0.5) is 0 Å². The number of nitrogens with two attached hydrogens (primary N) is 1. The van der Waals surface area contributed by atoms with E-state index in [1.807, 2.05) is 36.1 Å². The Morgan fingerprint density at radius 2 is 2.06 bits per heavy atom. The molecule has 1 fully saturated rings. The fourth-order valence-electron chi connectivity index (χ4n) is 2.20. The number of carbonyl (C=O) groups is 1. The Balaban J connectivity index is 2.13. The zero-order valence-electron chi connectivity index (χ0n) is 10.2. The molecule has 1 aliphatic heterocycles. The van der Waals surface area contributed by atoms with Gasteiger partial charge in [-0.3, -0.25) is 4.79 Å². The average molecular weight is 234 g/mol. The molecule has 4 nitrogen and oxygen atoms in total. The van der Waals surface area contributed by atoms with Gasteiger partial charge in [-0.05, 0) is 24.6 Å². The molecule has 0 saturated carbocycles. The van der Waals surface area contributed by atoms with Crippen LogP contribution in [0.25, 0.3) is 0 Å². The Hall–Kier alpha value is -1.55. The highest BCUT2D eigenvalue weighted by Gasteiger charge is 2.30. The third-order valence-electron chi connectivity index (χ3n) is 3.25. The number of hydrogen-bond acceptors (Lipinski definition) is 3. The Morgan fingerprint density at radius 1 is 1.41 bits per heavy atom. The number of hydrogen-bond donors (Lipinski definition) is 1. The molecule has 2 N–H and O–H groups in total. The van der Waals surface area contributed by atoms with Crippen LogP contribution in [0, 0.1) is 0 Å². The molecule has 17 heavy (non-hydrogen) atoms. The van der Waals surface area contributed by atoms with Gasteiger partial charge in [0.2, 0.25) is 5.91 Å². The molecule has 1 amide bonds. The summed E-state index contributed by atoms with van der Waals surface area (Å²) in [7, 11) is 1.64. The number of rotatable bonds is 3. The minimum atomic E-state index is -0.0248. The molecule has 0 spiro atoms. The number of benzene rings is 1. The minimum absolute atomic E-state index is 0.0248. The van der Waals surface area contributed by atoms with Crippen LogP contribution in [0.15, 0.2) is 24.3 Å². The lowest BCUT2D eigenvalue weighted by molar-refractivity contribution is -0.129. The zero-order chi connectivity index (χ0) is 12.4. The van der Waals surface area contributed by atoms with Crippen LogP contribution in [0.2, 0.25) is 0 Å². The van der Waals surface area contributed by atoms with Gasteiger partial charge in [-0.15, -0.1) is 0 Å². The average Bonchev–Trinajstić information content (AvgIpc) is 2.68. The largest absolute Gasteiger partial charge is 0.497 e. The first-order valence-electron chi connectivity index (χ1n) is 5.81. The third kappa shape index (κ3) is 2.42. The van der Waals surface area contributed by atoms with Gasteiger partial charge in [0, 0.05) is 19.0 Å². The van der Waals surface area contributed by atoms with Crippen molar-refractivity contribution < 1.29 is 9.53 Å². The van der Waals surface area contributed by atoms with E-state index >= 15 is 0 Å². The first-order chi connectivity index (χ1) is 8.11. The summed E-state index contributed by atoms with van der Waals surface area (Å²) >= 11 is 0. The van der Waals surface area contributed by atoms with Gasteiger partial charge in [-0.2, -0.15) is 0 Å². The SMILES string of the molecule is COc1ccc(C(C)N2CC(N)CC2=O)cc1. The van der Waals surface area contributed by atoms with E-state index in [-0.39, 0.29) is 18.0 Å². The van der Waals surface area contributed by atoms with Crippen molar-refractivity contribution in [2.75, 3.05) is 13.7 Å². The van der Waals surface area contributed by atoms with E-state index < -0.39 is 0 Å². The van der Waals surface area contributed by atoms with Crippen molar-refractivity contribution in [3.63, 3.8) is 0 Å². The summed E-state index contributed by atoms with van der Waals surface area (Å²) in [5.74, 6) is 0.964. The molecule has 0 bridgehead atoms. The minimum Gasteiger partial charge on any atom is -0.497 e. The van der Waals surface area contributed by atoms with Crippen molar-refractivity contribution in [3.05, 3.63) is 29.8 Å². The van der Waals surface area contributed by atoms with Crippen molar-refractivity contribution in [3.8, 4) is 5.75 Å². The maximum Gasteiger partial charge on any atom is 0.224 e. The number of nitrogens with zero attached hydrogens (tertiary/aromatic N) is 1.